The van der Waals surface area contributed by atoms with Gasteiger partial charge in [0.05, 0.1) is 20.8 Å². The summed E-state index contributed by atoms with van der Waals surface area (Å²) >= 11 is 1.52. The molecule has 0 spiro atoms. The van der Waals surface area contributed by atoms with Crippen molar-refractivity contribution in [2.24, 2.45) is 5.92 Å². The molecular formula is C37H43FN4O4S. The lowest BCUT2D eigenvalue weighted by Crippen LogP contribution is -2.46. The van der Waals surface area contributed by atoms with Crippen LogP contribution in [0.4, 0.5) is 4.39 Å². The number of aromatic nitrogens is 2. The molecule has 1 saturated heterocycles. The number of ether oxygens (including phenoxy) is 1. The average Bonchev–Trinajstić information content (AvgIpc) is 3.76. The van der Waals surface area contributed by atoms with Gasteiger partial charge in [0, 0.05) is 70.4 Å². The summed E-state index contributed by atoms with van der Waals surface area (Å²) in [5.41, 5.74) is 3.49. The van der Waals surface area contributed by atoms with Crippen LogP contribution < -0.4 is 4.74 Å². The van der Waals surface area contributed by atoms with Gasteiger partial charge in [0.25, 0.3) is 0 Å². The summed E-state index contributed by atoms with van der Waals surface area (Å²) in [6, 6.07) is 12.7. The van der Waals surface area contributed by atoms with Crippen LogP contribution in [-0.2, 0) is 22.6 Å². The van der Waals surface area contributed by atoms with E-state index in [1.807, 2.05) is 12.3 Å². The molecule has 0 atom stereocenters. The number of unbranched alkanes of at least 4 members (excludes halogenated alkanes) is 4. The number of benzene rings is 1. The van der Waals surface area contributed by atoms with Crippen LogP contribution in [0.25, 0.3) is 20.8 Å². The number of nitrogens with zero attached hydrogens (tertiary/aromatic N) is 4. The number of hydrogen-bond acceptors (Lipinski definition) is 8. The van der Waals surface area contributed by atoms with Crippen LogP contribution in [0.3, 0.4) is 0 Å². The van der Waals surface area contributed by atoms with Gasteiger partial charge in [-0.2, -0.15) is 0 Å². The van der Waals surface area contributed by atoms with E-state index in [2.05, 4.69) is 26.9 Å². The van der Waals surface area contributed by atoms with E-state index in [0.717, 1.165) is 92.2 Å². The van der Waals surface area contributed by atoms with Crippen molar-refractivity contribution in [3.8, 4) is 22.1 Å². The molecule has 0 bridgehead atoms. The van der Waals surface area contributed by atoms with Gasteiger partial charge < -0.3 is 14.7 Å². The fourth-order valence-corrected chi connectivity index (χ4v) is 7.20. The number of ketones is 1. The van der Waals surface area contributed by atoms with Crippen molar-refractivity contribution in [1.29, 1.82) is 0 Å². The summed E-state index contributed by atoms with van der Waals surface area (Å²) in [5.74, 6) is 0.167. The molecule has 1 N–H and O–H groups in total. The minimum atomic E-state index is -0.697. The van der Waals surface area contributed by atoms with Crippen LogP contribution in [0.1, 0.15) is 68.9 Å². The van der Waals surface area contributed by atoms with Gasteiger partial charge in [-0.1, -0.05) is 31.4 Å². The van der Waals surface area contributed by atoms with Crippen molar-refractivity contribution in [2.75, 3.05) is 32.7 Å². The SMILES string of the molecule is O=C(O)CCCCCCCN1CCN(Cc2ccc(-c3cc4nccc(Oc5ccc(CC(=O)CC6CC6)cc5F)c4s3)nc2)CC1. The lowest BCUT2D eigenvalue weighted by Gasteiger charge is -2.34. The van der Waals surface area contributed by atoms with Gasteiger partial charge in [-0.3, -0.25) is 24.5 Å². The minimum Gasteiger partial charge on any atom is -0.481 e. The van der Waals surface area contributed by atoms with E-state index < -0.39 is 11.8 Å². The normalized spacial score (nSPS) is 15.7. The molecule has 6 rings (SSSR count). The molecule has 10 heteroatoms. The first-order chi connectivity index (χ1) is 22.9. The molecule has 0 radical (unpaired) electrons. The maximum atomic E-state index is 15.0. The van der Waals surface area contributed by atoms with E-state index in [9.17, 15) is 14.0 Å². The second-order valence-electron chi connectivity index (χ2n) is 12.9. The molecule has 1 aliphatic heterocycles. The molecule has 8 nitrogen and oxygen atoms in total. The molecule has 1 aliphatic carbocycles. The maximum Gasteiger partial charge on any atom is 0.303 e. The van der Waals surface area contributed by atoms with Gasteiger partial charge in [0.1, 0.15) is 11.5 Å². The van der Waals surface area contributed by atoms with Crippen LogP contribution >= 0.6 is 11.3 Å². The maximum absolute atomic E-state index is 15.0. The lowest BCUT2D eigenvalue weighted by molar-refractivity contribution is -0.137. The van der Waals surface area contributed by atoms with E-state index in [0.29, 0.717) is 23.7 Å². The first kappa shape index (κ1) is 33.2. The Kier molecular flexibility index (Phi) is 11.2. The number of pyridine rings is 2. The second-order valence-corrected chi connectivity index (χ2v) is 14.0. The van der Waals surface area contributed by atoms with Crippen molar-refractivity contribution < 1.29 is 23.8 Å². The summed E-state index contributed by atoms with van der Waals surface area (Å²) in [7, 11) is 0. The monoisotopic (exact) mass is 658 g/mol. The molecule has 0 unspecified atom stereocenters. The average molecular weight is 659 g/mol. The summed E-state index contributed by atoms with van der Waals surface area (Å²) in [6.45, 7) is 6.19. The Bertz CT molecular complexity index is 1660. The Hall–Kier alpha value is -3.73. The third-order valence-electron chi connectivity index (χ3n) is 9.02. The number of rotatable bonds is 17. The highest BCUT2D eigenvalue weighted by atomic mass is 32.1. The molecule has 248 valence electrons. The van der Waals surface area contributed by atoms with E-state index in [1.54, 1.807) is 24.4 Å². The summed E-state index contributed by atoms with van der Waals surface area (Å²) in [5, 5.41) is 8.74. The van der Waals surface area contributed by atoms with E-state index >= 15 is 0 Å². The molecule has 1 saturated carbocycles. The molecule has 4 aromatic rings. The number of aliphatic carboxylic acids is 1. The van der Waals surface area contributed by atoms with Crippen LogP contribution in [0, 0.1) is 11.7 Å². The second kappa shape index (κ2) is 15.9. The molecule has 4 heterocycles. The highest BCUT2D eigenvalue weighted by molar-refractivity contribution is 7.22. The number of hydrogen-bond donors (Lipinski definition) is 1. The Morgan fingerprint density at radius 3 is 2.40 bits per heavy atom. The van der Waals surface area contributed by atoms with Gasteiger partial charge in [-0.25, -0.2) is 4.39 Å². The first-order valence-electron chi connectivity index (χ1n) is 16.9. The number of carbonyl (C=O) groups excluding carboxylic acids is 1. The smallest absolute Gasteiger partial charge is 0.303 e. The van der Waals surface area contributed by atoms with Crippen LogP contribution in [0.15, 0.2) is 54.9 Å². The zero-order valence-corrected chi connectivity index (χ0v) is 27.7. The van der Waals surface area contributed by atoms with Gasteiger partial charge in [-0.05, 0) is 73.5 Å². The standard InChI is InChI=1S/C37H43FN4O4S/c38-30-22-27(21-29(43)20-26-7-8-26)10-12-33(30)46-34-13-14-39-32-23-35(47-37(32)34)31-11-9-28(24-40-31)25-42-18-16-41(17-19-42)15-5-3-1-2-4-6-36(44)45/h9-14,22-24,26H,1-8,15-21,25H2,(H,44,45). The van der Waals surface area contributed by atoms with Crippen LogP contribution in [0.5, 0.6) is 11.5 Å². The highest BCUT2D eigenvalue weighted by Crippen LogP contribution is 2.39. The number of Topliss-reactive ketones (excluding diaryl/α,β-unsaturated/α-hetero) is 1. The molecule has 1 aromatic carbocycles. The van der Waals surface area contributed by atoms with Gasteiger partial charge in [0.2, 0.25) is 0 Å². The largest absolute Gasteiger partial charge is 0.481 e. The predicted molar refractivity (Wildman–Crippen MR) is 182 cm³/mol. The quantitative estimate of drug-likeness (QED) is 0.115. The molecule has 2 aliphatic rings. The molecule has 3 aromatic heterocycles. The number of thiophene rings is 1. The molecular weight excluding hydrogens is 615 g/mol. The number of carboxylic acid groups (broad SMARTS) is 1. The third-order valence-corrected chi connectivity index (χ3v) is 10.2. The fourth-order valence-electron chi connectivity index (χ4n) is 6.16. The van der Waals surface area contributed by atoms with Gasteiger partial charge in [0.15, 0.2) is 11.6 Å². The topological polar surface area (TPSA) is 95.9 Å². The van der Waals surface area contributed by atoms with E-state index in [1.165, 1.54) is 35.8 Å². The minimum absolute atomic E-state index is 0.124. The fraction of sp³-hybridized carbons (Fsp3) is 0.459. The zero-order valence-electron chi connectivity index (χ0n) is 26.8. The summed E-state index contributed by atoms with van der Waals surface area (Å²) in [4.78, 5) is 38.1. The van der Waals surface area contributed by atoms with Crippen LogP contribution in [0.2, 0.25) is 0 Å². The van der Waals surface area contributed by atoms with Crippen molar-refractivity contribution >= 4 is 33.3 Å². The Labute approximate surface area is 279 Å². The Morgan fingerprint density at radius 2 is 1.66 bits per heavy atom. The molecule has 2 fully saturated rings. The highest BCUT2D eigenvalue weighted by Gasteiger charge is 2.24. The molecule has 47 heavy (non-hydrogen) atoms. The molecule has 0 amide bonds. The number of carbonyl (C=O) groups is 2. The number of fused-ring (bicyclic) bond motifs is 1. The summed E-state index contributed by atoms with van der Waals surface area (Å²) in [6.07, 6.45) is 12.2. The zero-order chi connectivity index (χ0) is 32.6. The first-order valence-corrected chi connectivity index (χ1v) is 17.7. The van der Waals surface area contributed by atoms with E-state index in [-0.39, 0.29) is 24.4 Å². The summed E-state index contributed by atoms with van der Waals surface area (Å²) < 4.78 is 21.8. The number of piperazine rings is 1. The van der Waals surface area contributed by atoms with Crippen molar-refractivity contribution in [1.82, 2.24) is 19.8 Å². The van der Waals surface area contributed by atoms with Gasteiger partial charge >= 0.3 is 5.97 Å². The van der Waals surface area contributed by atoms with E-state index in [4.69, 9.17) is 14.8 Å². The third kappa shape index (κ3) is 9.65. The Balaban J connectivity index is 0.989. The van der Waals surface area contributed by atoms with Crippen molar-refractivity contribution in [3.63, 3.8) is 0 Å². The predicted octanol–water partition coefficient (Wildman–Crippen LogP) is 7.74. The number of carboxylic acids is 1. The number of halogens is 1. The van der Waals surface area contributed by atoms with Crippen molar-refractivity contribution in [2.45, 2.75) is 70.8 Å². The lowest BCUT2D eigenvalue weighted by atomic mass is 10.0. The van der Waals surface area contributed by atoms with Crippen molar-refractivity contribution in [3.05, 3.63) is 71.8 Å². The Morgan fingerprint density at radius 1 is 0.894 bits per heavy atom. The van der Waals surface area contributed by atoms with Gasteiger partial charge in [-0.15, -0.1) is 11.3 Å². The van der Waals surface area contributed by atoms with Crippen LogP contribution in [-0.4, -0.2) is 69.4 Å².